The summed E-state index contributed by atoms with van der Waals surface area (Å²) in [5.41, 5.74) is 2.05. The number of tetrazole rings is 1. The van der Waals surface area contributed by atoms with Gasteiger partial charge in [0.15, 0.2) is 0 Å². The Labute approximate surface area is 152 Å². The second-order valence-corrected chi connectivity index (χ2v) is 7.88. The van der Waals surface area contributed by atoms with Gasteiger partial charge in [-0.15, -0.1) is 5.10 Å². The van der Waals surface area contributed by atoms with Gasteiger partial charge < -0.3 is 5.32 Å². The molecule has 1 amide bonds. The van der Waals surface area contributed by atoms with Crippen LogP contribution >= 0.6 is 11.8 Å². The highest BCUT2D eigenvalue weighted by Crippen LogP contribution is 2.29. The van der Waals surface area contributed by atoms with Gasteiger partial charge in [0, 0.05) is 6.04 Å². The second kappa shape index (κ2) is 7.99. The topological polar surface area (TPSA) is 72.7 Å². The van der Waals surface area contributed by atoms with Crippen LogP contribution in [-0.2, 0) is 4.79 Å². The Morgan fingerprint density at radius 3 is 3.00 bits per heavy atom. The summed E-state index contributed by atoms with van der Waals surface area (Å²) in [5.74, 6) is 1.57. The molecule has 0 bridgehead atoms. The van der Waals surface area contributed by atoms with Gasteiger partial charge in [-0.2, -0.15) is 4.68 Å². The summed E-state index contributed by atoms with van der Waals surface area (Å²) in [6.45, 7) is 6.54. The van der Waals surface area contributed by atoms with Crippen LogP contribution in [0.25, 0.3) is 5.69 Å². The van der Waals surface area contributed by atoms with E-state index in [0.717, 1.165) is 17.7 Å². The summed E-state index contributed by atoms with van der Waals surface area (Å²) in [7, 11) is 0. The van der Waals surface area contributed by atoms with Crippen LogP contribution in [0.5, 0.6) is 0 Å². The van der Waals surface area contributed by atoms with E-state index in [4.69, 9.17) is 0 Å². The van der Waals surface area contributed by atoms with Crippen LogP contribution < -0.4 is 5.32 Å². The van der Waals surface area contributed by atoms with Crippen molar-refractivity contribution >= 4 is 17.7 Å². The van der Waals surface area contributed by atoms with Gasteiger partial charge in [-0.3, -0.25) is 4.79 Å². The second-order valence-electron chi connectivity index (χ2n) is 6.94. The number of nitrogens with zero attached hydrogens (tertiary/aromatic N) is 4. The zero-order valence-corrected chi connectivity index (χ0v) is 15.8. The highest BCUT2D eigenvalue weighted by Gasteiger charge is 2.28. The van der Waals surface area contributed by atoms with Gasteiger partial charge in [0.2, 0.25) is 11.1 Å². The summed E-state index contributed by atoms with van der Waals surface area (Å²) >= 11 is 1.37. The maximum atomic E-state index is 12.4. The first-order chi connectivity index (χ1) is 12.0. The molecule has 1 aliphatic rings. The van der Waals surface area contributed by atoms with Crippen molar-refractivity contribution in [1.82, 2.24) is 25.5 Å². The zero-order valence-electron chi connectivity index (χ0n) is 15.0. The first kappa shape index (κ1) is 17.9. The van der Waals surface area contributed by atoms with Gasteiger partial charge in [0.25, 0.3) is 0 Å². The van der Waals surface area contributed by atoms with E-state index in [-0.39, 0.29) is 11.9 Å². The van der Waals surface area contributed by atoms with Crippen LogP contribution in [0.2, 0.25) is 0 Å². The van der Waals surface area contributed by atoms with E-state index in [1.807, 2.05) is 31.2 Å². The Bertz CT molecular complexity index is 732. The molecule has 1 N–H and O–H groups in total. The first-order valence-corrected chi connectivity index (χ1v) is 9.80. The number of carbonyl (C=O) groups excluding carboxylic acids is 1. The Balaban J connectivity index is 1.59. The smallest absolute Gasteiger partial charge is 0.230 e. The van der Waals surface area contributed by atoms with Crippen LogP contribution in [0, 0.1) is 18.8 Å². The molecule has 25 heavy (non-hydrogen) atoms. The predicted molar refractivity (Wildman–Crippen MR) is 98.7 cm³/mol. The van der Waals surface area contributed by atoms with Gasteiger partial charge in [-0.25, -0.2) is 0 Å². The molecule has 0 saturated heterocycles. The molecule has 1 heterocycles. The molecule has 1 aromatic carbocycles. The molecule has 0 spiro atoms. The van der Waals surface area contributed by atoms with E-state index in [9.17, 15) is 4.79 Å². The van der Waals surface area contributed by atoms with Crippen molar-refractivity contribution in [3.05, 3.63) is 29.8 Å². The molecule has 134 valence electrons. The largest absolute Gasteiger partial charge is 0.352 e. The van der Waals surface area contributed by atoms with Crippen molar-refractivity contribution in [3.8, 4) is 5.69 Å². The van der Waals surface area contributed by atoms with Crippen molar-refractivity contribution in [2.24, 2.45) is 11.8 Å². The number of nitrogens with one attached hydrogen (secondary N) is 1. The Hall–Kier alpha value is -1.89. The fourth-order valence-corrected chi connectivity index (χ4v) is 4.06. The number of hydrogen-bond donors (Lipinski definition) is 1. The standard InChI is InChI=1S/C18H25N5OS/c1-12-6-4-8-15(10-12)23-18(20-21-22-23)25-11-17(24)19-16-9-5-7-13(2)14(16)3/h4,6,8,10,13-14,16H,5,7,9,11H2,1-3H3,(H,19,24)/t13-,14+,16-/m0/s1. The minimum absolute atomic E-state index is 0.0507. The van der Waals surface area contributed by atoms with Gasteiger partial charge in [-0.1, -0.05) is 50.6 Å². The van der Waals surface area contributed by atoms with Crippen LogP contribution in [0.15, 0.2) is 29.4 Å². The Kier molecular flexibility index (Phi) is 5.73. The molecule has 3 atom stereocenters. The van der Waals surface area contributed by atoms with Crippen molar-refractivity contribution in [2.45, 2.75) is 51.2 Å². The minimum Gasteiger partial charge on any atom is -0.352 e. The van der Waals surface area contributed by atoms with Gasteiger partial charge in [0.1, 0.15) is 0 Å². The molecule has 2 aromatic rings. The van der Waals surface area contributed by atoms with E-state index in [1.165, 1.54) is 24.6 Å². The average Bonchev–Trinajstić information content (AvgIpc) is 3.06. The lowest BCUT2D eigenvalue weighted by Gasteiger charge is -2.34. The van der Waals surface area contributed by atoms with Crippen LogP contribution in [0.4, 0.5) is 0 Å². The quantitative estimate of drug-likeness (QED) is 0.831. The number of hydrogen-bond acceptors (Lipinski definition) is 5. The van der Waals surface area contributed by atoms with Gasteiger partial charge in [0.05, 0.1) is 11.4 Å². The zero-order chi connectivity index (χ0) is 17.8. The van der Waals surface area contributed by atoms with Crippen molar-refractivity contribution < 1.29 is 4.79 Å². The lowest BCUT2D eigenvalue weighted by atomic mass is 9.78. The highest BCUT2D eigenvalue weighted by molar-refractivity contribution is 7.99. The summed E-state index contributed by atoms with van der Waals surface area (Å²) in [4.78, 5) is 12.4. The lowest BCUT2D eigenvalue weighted by Crippen LogP contribution is -2.44. The Morgan fingerprint density at radius 1 is 1.36 bits per heavy atom. The lowest BCUT2D eigenvalue weighted by molar-refractivity contribution is -0.120. The minimum atomic E-state index is 0.0507. The maximum Gasteiger partial charge on any atom is 0.230 e. The van der Waals surface area contributed by atoms with E-state index in [0.29, 0.717) is 22.7 Å². The number of aromatic nitrogens is 4. The number of thioether (sulfide) groups is 1. The third-order valence-electron chi connectivity index (χ3n) is 5.07. The monoisotopic (exact) mass is 359 g/mol. The fourth-order valence-electron chi connectivity index (χ4n) is 3.35. The third-order valence-corrected chi connectivity index (χ3v) is 5.99. The van der Waals surface area contributed by atoms with Gasteiger partial charge in [-0.05, 0) is 53.3 Å². The molecule has 0 aliphatic heterocycles. The number of benzene rings is 1. The molecule has 0 unspecified atom stereocenters. The van der Waals surface area contributed by atoms with E-state index in [1.54, 1.807) is 4.68 Å². The molecule has 0 radical (unpaired) electrons. The van der Waals surface area contributed by atoms with E-state index < -0.39 is 0 Å². The molecule has 1 aromatic heterocycles. The van der Waals surface area contributed by atoms with Gasteiger partial charge >= 0.3 is 0 Å². The van der Waals surface area contributed by atoms with E-state index >= 15 is 0 Å². The summed E-state index contributed by atoms with van der Waals surface area (Å²) in [5, 5.41) is 15.7. The van der Waals surface area contributed by atoms with Crippen LogP contribution in [-0.4, -0.2) is 37.9 Å². The average molecular weight is 359 g/mol. The molecule has 1 aliphatic carbocycles. The molecular weight excluding hydrogens is 334 g/mol. The summed E-state index contributed by atoms with van der Waals surface area (Å²) in [6.07, 6.45) is 3.52. The highest BCUT2D eigenvalue weighted by atomic mass is 32.2. The SMILES string of the molecule is Cc1cccc(-n2nnnc2SCC(=O)N[C@H]2CCC[C@H](C)[C@H]2C)c1. The van der Waals surface area contributed by atoms with Crippen LogP contribution in [0.1, 0.15) is 38.7 Å². The van der Waals surface area contributed by atoms with E-state index in [2.05, 4.69) is 34.7 Å². The molecular formula is C18H25N5OS. The number of rotatable bonds is 5. The maximum absolute atomic E-state index is 12.4. The Morgan fingerprint density at radius 2 is 2.20 bits per heavy atom. The molecule has 6 nitrogen and oxygen atoms in total. The summed E-state index contributed by atoms with van der Waals surface area (Å²) in [6, 6.07) is 8.26. The number of aryl methyl sites for hydroxylation is 1. The van der Waals surface area contributed by atoms with Crippen molar-refractivity contribution in [1.29, 1.82) is 0 Å². The first-order valence-electron chi connectivity index (χ1n) is 8.82. The molecule has 1 saturated carbocycles. The van der Waals surface area contributed by atoms with Crippen molar-refractivity contribution in [3.63, 3.8) is 0 Å². The summed E-state index contributed by atoms with van der Waals surface area (Å²) < 4.78 is 1.68. The van der Waals surface area contributed by atoms with Crippen molar-refractivity contribution in [2.75, 3.05) is 5.75 Å². The molecule has 7 heteroatoms. The molecule has 3 rings (SSSR count). The third kappa shape index (κ3) is 4.39. The van der Waals surface area contributed by atoms with Crippen LogP contribution in [0.3, 0.4) is 0 Å². The number of carbonyl (C=O) groups is 1. The normalized spacial score (nSPS) is 23.4. The fraction of sp³-hybridized carbons (Fsp3) is 0.556. The predicted octanol–water partition coefficient (Wildman–Crippen LogP) is 3.00. The number of amides is 1. The molecule has 1 fully saturated rings.